The monoisotopic (exact) mass is 405 g/mol. The highest BCUT2D eigenvalue weighted by molar-refractivity contribution is 5.81. The van der Waals surface area contributed by atoms with E-state index in [0.717, 1.165) is 54.8 Å². The number of aryl methyl sites for hydroxylation is 3. The maximum absolute atomic E-state index is 12.2. The highest BCUT2D eigenvalue weighted by Gasteiger charge is 2.31. The third-order valence-electron chi connectivity index (χ3n) is 5.62. The lowest BCUT2D eigenvalue weighted by Gasteiger charge is -2.16. The second kappa shape index (κ2) is 8.90. The van der Waals surface area contributed by atoms with Gasteiger partial charge in [0.25, 0.3) is 0 Å². The molecule has 1 aliphatic carbocycles. The quantitative estimate of drug-likeness (QED) is 0.504. The average molecular weight is 406 g/mol. The van der Waals surface area contributed by atoms with Crippen molar-refractivity contribution in [2.75, 3.05) is 6.61 Å². The number of carbonyl (C=O) groups excluding carboxylic acids is 1. The fourth-order valence-electron chi connectivity index (χ4n) is 3.98. The molecule has 30 heavy (non-hydrogen) atoms. The molecule has 158 valence electrons. The summed E-state index contributed by atoms with van der Waals surface area (Å²) in [5, 5.41) is 3.15. The molecule has 5 nitrogen and oxygen atoms in total. The van der Waals surface area contributed by atoms with E-state index in [1.165, 1.54) is 11.1 Å². The molecule has 1 unspecified atom stereocenters. The number of aromatic nitrogens is 2. The number of amides is 1. The molecule has 2 aromatic carbocycles. The number of hydrogen-bond donors (Lipinski definition) is 1. The molecule has 0 bridgehead atoms. The van der Waals surface area contributed by atoms with Crippen LogP contribution in [-0.4, -0.2) is 22.1 Å². The molecule has 4 rings (SSSR count). The lowest BCUT2D eigenvalue weighted by Crippen LogP contribution is -2.29. The normalized spacial score (nSPS) is 14.6. The van der Waals surface area contributed by atoms with Crippen LogP contribution < -0.4 is 10.1 Å². The lowest BCUT2D eigenvalue weighted by atomic mass is 10.1. The zero-order valence-corrected chi connectivity index (χ0v) is 18.1. The number of carbonyl (C=O) groups is 1. The molecule has 1 heterocycles. The molecule has 0 radical (unpaired) electrons. The lowest BCUT2D eigenvalue weighted by molar-refractivity contribution is -0.123. The third kappa shape index (κ3) is 4.84. The molecule has 1 saturated carbocycles. The second-order valence-corrected chi connectivity index (χ2v) is 8.49. The minimum atomic E-state index is -0.1000. The van der Waals surface area contributed by atoms with Crippen LogP contribution in [0.1, 0.15) is 55.6 Å². The Morgan fingerprint density at radius 3 is 2.63 bits per heavy atom. The van der Waals surface area contributed by atoms with Crippen LogP contribution in [0.25, 0.3) is 11.0 Å². The van der Waals surface area contributed by atoms with E-state index in [1.54, 1.807) is 0 Å². The first kappa shape index (κ1) is 20.5. The Morgan fingerprint density at radius 2 is 1.90 bits per heavy atom. The minimum absolute atomic E-state index is 0.1000. The van der Waals surface area contributed by atoms with Crippen LogP contribution >= 0.6 is 0 Å². The molecular formula is C25H31N3O2. The van der Waals surface area contributed by atoms with E-state index in [9.17, 15) is 4.79 Å². The average Bonchev–Trinajstić information content (AvgIpc) is 3.49. The first-order chi connectivity index (χ1) is 14.5. The first-order valence-corrected chi connectivity index (χ1v) is 11.0. The van der Waals surface area contributed by atoms with Gasteiger partial charge in [0.15, 0.2) is 0 Å². The van der Waals surface area contributed by atoms with Crippen molar-refractivity contribution in [1.82, 2.24) is 14.9 Å². The van der Waals surface area contributed by atoms with Crippen LogP contribution in [-0.2, 0) is 11.3 Å². The summed E-state index contributed by atoms with van der Waals surface area (Å²) < 4.78 is 8.21. The molecule has 1 atom stereocenters. The largest absolute Gasteiger partial charge is 0.494 e. The van der Waals surface area contributed by atoms with Gasteiger partial charge in [0.2, 0.25) is 5.91 Å². The molecule has 0 spiro atoms. The molecule has 5 heteroatoms. The van der Waals surface area contributed by atoms with Crippen molar-refractivity contribution in [3.63, 3.8) is 0 Å². The Hall–Kier alpha value is -2.82. The molecule has 0 aliphatic heterocycles. The standard InChI is InChI=1S/C25H31N3O2/c1-17-14-18(2)16-21(15-17)30-13-7-6-12-28-23-9-5-4-8-22(23)27-24(28)19(3)26-25(29)20-10-11-20/h4-5,8-9,14-16,19-20H,6-7,10-13H2,1-3H3,(H,26,29). The van der Waals surface area contributed by atoms with Gasteiger partial charge in [0.05, 0.1) is 23.7 Å². The van der Waals surface area contributed by atoms with Crippen LogP contribution in [0.5, 0.6) is 5.75 Å². The summed E-state index contributed by atoms with van der Waals surface area (Å²) in [7, 11) is 0. The van der Waals surface area contributed by atoms with E-state index in [0.29, 0.717) is 6.61 Å². The number of ether oxygens (including phenoxy) is 1. The number of nitrogens with zero attached hydrogens (tertiary/aromatic N) is 2. The van der Waals surface area contributed by atoms with Gasteiger partial charge in [0.1, 0.15) is 11.6 Å². The topological polar surface area (TPSA) is 56.1 Å². The minimum Gasteiger partial charge on any atom is -0.494 e. The van der Waals surface area contributed by atoms with Gasteiger partial charge in [-0.3, -0.25) is 4.79 Å². The molecule has 1 fully saturated rings. The summed E-state index contributed by atoms with van der Waals surface area (Å²) in [4.78, 5) is 17.1. The zero-order valence-electron chi connectivity index (χ0n) is 18.1. The summed E-state index contributed by atoms with van der Waals surface area (Å²) in [6.45, 7) is 7.76. The van der Waals surface area contributed by atoms with Gasteiger partial charge in [-0.15, -0.1) is 0 Å². The number of nitrogens with one attached hydrogen (secondary N) is 1. The van der Waals surface area contributed by atoms with Gasteiger partial charge in [-0.2, -0.15) is 0 Å². The number of hydrogen-bond acceptors (Lipinski definition) is 3. The maximum Gasteiger partial charge on any atom is 0.223 e. The highest BCUT2D eigenvalue weighted by Crippen LogP contribution is 2.30. The van der Waals surface area contributed by atoms with Gasteiger partial charge in [0, 0.05) is 12.5 Å². The Morgan fingerprint density at radius 1 is 1.17 bits per heavy atom. The van der Waals surface area contributed by atoms with E-state index >= 15 is 0 Å². The number of benzene rings is 2. The number of rotatable bonds is 9. The summed E-state index contributed by atoms with van der Waals surface area (Å²) in [5.74, 6) is 2.23. The van der Waals surface area contributed by atoms with Gasteiger partial charge in [-0.25, -0.2) is 4.98 Å². The van der Waals surface area contributed by atoms with Gasteiger partial charge in [-0.1, -0.05) is 18.2 Å². The summed E-state index contributed by atoms with van der Waals surface area (Å²) in [5.41, 5.74) is 4.55. The Balaban J connectivity index is 1.39. The van der Waals surface area contributed by atoms with Crippen LogP contribution in [0.15, 0.2) is 42.5 Å². The van der Waals surface area contributed by atoms with Crippen molar-refractivity contribution in [1.29, 1.82) is 0 Å². The summed E-state index contributed by atoms with van der Waals surface area (Å²) in [6.07, 6.45) is 3.97. The molecule has 1 amide bonds. The molecule has 1 aliphatic rings. The van der Waals surface area contributed by atoms with Crippen molar-refractivity contribution in [2.45, 2.75) is 59.0 Å². The van der Waals surface area contributed by atoms with E-state index in [2.05, 4.69) is 48.0 Å². The third-order valence-corrected chi connectivity index (χ3v) is 5.62. The Kier molecular flexibility index (Phi) is 6.07. The fourth-order valence-corrected chi connectivity index (χ4v) is 3.98. The Labute approximate surface area is 178 Å². The predicted molar refractivity (Wildman–Crippen MR) is 120 cm³/mol. The van der Waals surface area contributed by atoms with Gasteiger partial charge >= 0.3 is 0 Å². The van der Waals surface area contributed by atoms with E-state index in [1.807, 2.05) is 25.1 Å². The molecule has 0 saturated heterocycles. The number of unbranched alkanes of at least 4 members (excludes halogenated alkanes) is 1. The van der Waals surface area contributed by atoms with Crippen molar-refractivity contribution >= 4 is 16.9 Å². The second-order valence-electron chi connectivity index (χ2n) is 8.49. The molecule has 3 aromatic rings. The van der Waals surface area contributed by atoms with Crippen LogP contribution in [0.4, 0.5) is 0 Å². The molecule has 1 N–H and O–H groups in total. The number of imidazole rings is 1. The zero-order chi connectivity index (χ0) is 21.1. The summed E-state index contributed by atoms with van der Waals surface area (Å²) in [6, 6.07) is 14.4. The fraction of sp³-hybridized carbons (Fsp3) is 0.440. The smallest absolute Gasteiger partial charge is 0.223 e. The molecule has 1 aromatic heterocycles. The van der Waals surface area contributed by atoms with Crippen molar-refractivity contribution in [3.05, 3.63) is 59.4 Å². The van der Waals surface area contributed by atoms with E-state index in [-0.39, 0.29) is 17.9 Å². The van der Waals surface area contributed by atoms with Crippen LogP contribution in [0, 0.1) is 19.8 Å². The van der Waals surface area contributed by atoms with Gasteiger partial charge in [-0.05, 0) is 81.8 Å². The number of fused-ring (bicyclic) bond motifs is 1. The highest BCUT2D eigenvalue weighted by atomic mass is 16.5. The van der Waals surface area contributed by atoms with Crippen LogP contribution in [0.3, 0.4) is 0 Å². The molecular weight excluding hydrogens is 374 g/mol. The van der Waals surface area contributed by atoms with Crippen molar-refractivity contribution in [2.24, 2.45) is 5.92 Å². The maximum atomic E-state index is 12.2. The van der Waals surface area contributed by atoms with E-state index < -0.39 is 0 Å². The van der Waals surface area contributed by atoms with Crippen molar-refractivity contribution < 1.29 is 9.53 Å². The van der Waals surface area contributed by atoms with Gasteiger partial charge < -0.3 is 14.6 Å². The summed E-state index contributed by atoms with van der Waals surface area (Å²) >= 11 is 0. The number of para-hydroxylation sites is 2. The van der Waals surface area contributed by atoms with Crippen molar-refractivity contribution in [3.8, 4) is 5.75 Å². The SMILES string of the molecule is Cc1cc(C)cc(OCCCCn2c(C(C)NC(=O)C3CC3)nc3ccccc32)c1. The Bertz CT molecular complexity index is 1020. The van der Waals surface area contributed by atoms with E-state index in [4.69, 9.17) is 9.72 Å². The first-order valence-electron chi connectivity index (χ1n) is 11.0. The van der Waals surface area contributed by atoms with Crippen LogP contribution in [0.2, 0.25) is 0 Å². The predicted octanol–water partition coefficient (Wildman–Crippen LogP) is 5.10.